The molecule has 1 aliphatic carbocycles. The van der Waals surface area contributed by atoms with E-state index in [1.165, 1.54) is 24.2 Å². The molecule has 152 valence electrons. The number of aliphatic imine (C=N–C) groups is 1. The number of nitrogens with zero attached hydrogens (tertiary/aromatic N) is 4. The van der Waals surface area contributed by atoms with Crippen LogP contribution >= 0.6 is 35.7 Å². The van der Waals surface area contributed by atoms with Gasteiger partial charge in [-0.1, -0.05) is 25.1 Å². The van der Waals surface area contributed by atoms with Gasteiger partial charge in [0.05, 0.1) is 12.4 Å². The van der Waals surface area contributed by atoms with Crippen LogP contribution in [0.5, 0.6) is 0 Å². The molecule has 1 saturated heterocycles. The van der Waals surface area contributed by atoms with Gasteiger partial charge in [-0.05, 0) is 37.3 Å². The van der Waals surface area contributed by atoms with E-state index in [9.17, 15) is 0 Å². The summed E-state index contributed by atoms with van der Waals surface area (Å²) in [5, 5.41) is 3.67. The summed E-state index contributed by atoms with van der Waals surface area (Å²) in [5.74, 6) is 1.68. The number of imidazole rings is 1. The Morgan fingerprint density at radius 2 is 2.11 bits per heavy atom. The summed E-state index contributed by atoms with van der Waals surface area (Å²) in [5.41, 5.74) is 0. The molecule has 2 heterocycles. The fourth-order valence-corrected chi connectivity index (χ4v) is 5.10. The molecule has 0 radical (unpaired) electrons. The van der Waals surface area contributed by atoms with Crippen molar-refractivity contribution in [3.8, 4) is 0 Å². The fraction of sp³-hybridized carbons (Fsp3) is 0.524. The van der Waals surface area contributed by atoms with Gasteiger partial charge in [0.25, 0.3) is 0 Å². The van der Waals surface area contributed by atoms with Crippen LogP contribution < -0.4 is 5.32 Å². The van der Waals surface area contributed by atoms with Crippen LogP contribution in [0.4, 0.5) is 0 Å². The Morgan fingerprint density at radius 3 is 2.75 bits per heavy atom. The predicted octanol–water partition coefficient (Wildman–Crippen LogP) is 4.28. The van der Waals surface area contributed by atoms with Crippen molar-refractivity contribution in [2.24, 2.45) is 10.9 Å². The van der Waals surface area contributed by atoms with Gasteiger partial charge in [-0.25, -0.2) is 4.98 Å². The second kappa shape index (κ2) is 9.52. The van der Waals surface area contributed by atoms with E-state index < -0.39 is 0 Å². The quantitative estimate of drug-likeness (QED) is 0.370. The molecule has 28 heavy (non-hydrogen) atoms. The minimum absolute atomic E-state index is 0. The van der Waals surface area contributed by atoms with Crippen LogP contribution in [-0.2, 0) is 0 Å². The van der Waals surface area contributed by atoms with Crippen LogP contribution in [0, 0.1) is 5.92 Å². The van der Waals surface area contributed by atoms with Crippen molar-refractivity contribution in [2.75, 3.05) is 26.7 Å². The van der Waals surface area contributed by atoms with Crippen LogP contribution in [0.15, 0.2) is 58.9 Å². The van der Waals surface area contributed by atoms with Crippen molar-refractivity contribution >= 4 is 41.7 Å². The average Bonchev–Trinajstić information content (AvgIpc) is 3.23. The summed E-state index contributed by atoms with van der Waals surface area (Å²) in [4.78, 5) is 12.6. The second-order valence-corrected chi connectivity index (χ2v) is 9.33. The van der Waals surface area contributed by atoms with Crippen molar-refractivity contribution in [3.05, 3.63) is 49.1 Å². The molecule has 4 rings (SSSR count). The molecular formula is C21H30IN5S. The molecule has 7 heteroatoms. The van der Waals surface area contributed by atoms with Crippen LogP contribution in [0.3, 0.4) is 0 Å². The van der Waals surface area contributed by atoms with E-state index in [1.54, 1.807) is 0 Å². The Hall–Kier alpha value is -1.22. The zero-order valence-corrected chi connectivity index (χ0v) is 19.8. The first kappa shape index (κ1) is 21.5. The zero-order valence-electron chi connectivity index (χ0n) is 16.6. The molecule has 1 N–H and O–H groups in total. The van der Waals surface area contributed by atoms with Gasteiger partial charge in [0.15, 0.2) is 5.96 Å². The highest BCUT2D eigenvalue weighted by Gasteiger charge is 2.44. The zero-order chi connectivity index (χ0) is 18.7. The monoisotopic (exact) mass is 511 g/mol. The first-order valence-electron chi connectivity index (χ1n) is 9.86. The van der Waals surface area contributed by atoms with E-state index in [2.05, 4.69) is 68.2 Å². The Morgan fingerprint density at radius 1 is 1.32 bits per heavy atom. The maximum atomic E-state index is 4.59. The molecule has 0 spiro atoms. The standard InChI is InChI=1S/C21H29N5S.HI/c1-17-8-12-25(14-19(17)26-13-11-23-16-26)20(22-2)24-15-21(9-10-21)27-18-6-4-3-5-7-18;/h3-7,11,13,16-17,19H,8-10,12,14-15H2,1-2H3,(H,22,24);1H. The van der Waals surface area contributed by atoms with Gasteiger partial charge in [-0.2, -0.15) is 0 Å². The minimum atomic E-state index is 0. The maximum Gasteiger partial charge on any atom is 0.193 e. The second-order valence-electron chi connectivity index (χ2n) is 7.79. The number of halogens is 1. The number of hydrogen-bond donors (Lipinski definition) is 1. The van der Waals surface area contributed by atoms with Gasteiger partial charge in [-0.15, -0.1) is 35.7 Å². The number of aromatic nitrogens is 2. The summed E-state index contributed by atoms with van der Waals surface area (Å²) in [7, 11) is 1.90. The first-order chi connectivity index (χ1) is 13.2. The molecule has 2 unspecified atom stereocenters. The number of benzene rings is 1. The maximum absolute atomic E-state index is 4.59. The van der Waals surface area contributed by atoms with E-state index in [0.29, 0.717) is 16.7 Å². The van der Waals surface area contributed by atoms with Gasteiger partial charge < -0.3 is 14.8 Å². The highest BCUT2D eigenvalue weighted by atomic mass is 127. The van der Waals surface area contributed by atoms with E-state index in [4.69, 9.17) is 0 Å². The lowest BCUT2D eigenvalue weighted by Crippen LogP contribution is -2.50. The number of nitrogens with one attached hydrogen (secondary N) is 1. The van der Waals surface area contributed by atoms with E-state index in [1.807, 2.05) is 31.3 Å². The Kier molecular flexibility index (Phi) is 7.31. The van der Waals surface area contributed by atoms with E-state index >= 15 is 0 Å². The van der Waals surface area contributed by atoms with Crippen LogP contribution in [0.1, 0.15) is 32.2 Å². The summed E-state index contributed by atoms with van der Waals surface area (Å²) in [6.07, 6.45) is 9.60. The lowest BCUT2D eigenvalue weighted by Gasteiger charge is -2.39. The van der Waals surface area contributed by atoms with Gasteiger partial charge in [0, 0.05) is 48.7 Å². The van der Waals surface area contributed by atoms with Gasteiger partial charge in [-0.3, -0.25) is 4.99 Å². The highest BCUT2D eigenvalue weighted by Crippen LogP contribution is 2.51. The Balaban J connectivity index is 0.00000225. The average molecular weight is 511 g/mol. The van der Waals surface area contributed by atoms with Crippen molar-refractivity contribution < 1.29 is 0 Å². The number of hydrogen-bond acceptors (Lipinski definition) is 3. The smallest absolute Gasteiger partial charge is 0.193 e. The Labute approximate surface area is 189 Å². The SMILES string of the molecule is CN=C(NCC1(Sc2ccccc2)CC1)N1CCC(C)C(n2ccnc2)C1.I. The van der Waals surface area contributed by atoms with Crippen molar-refractivity contribution in [1.82, 2.24) is 19.8 Å². The number of thioether (sulfide) groups is 1. The Bertz CT molecular complexity index is 760. The van der Waals surface area contributed by atoms with Crippen molar-refractivity contribution in [2.45, 2.75) is 41.9 Å². The molecule has 1 aromatic heterocycles. The van der Waals surface area contributed by atoms with Crippen LogP contribution in [0.2, 0.25) is 0 Å². The molecule has 1 aliphatic heterocycles. The number of likely N-dealkylation sites (tertiary alicyclic amines) is 1. The molecule has 0 amide bonds. The summed E-state index contributed by atoms with van der Waals surface area (Å²) < 4.78 is 2.57. The molecule has 5 nitrogen and oxygen atoms in total. The van der Waals surface area contributed by atoms with Crippen LogP contribution in [0.25, 0.3) is 0 Å². The largest absolute Gasteiger partial charge is 0.355 e. The van der Waals surface area contributed by atoms with Crippen molar-refractivity contribution in [1.29, 1.82) is 0 Å². The lowest BCUT2D eigenvalue weighted by molar-refractivity contribution is 0.189. The third-order valence-corrected chi connectivity index (χ3v) is 7.29. The molecule has 2 atom stereocenters. The third-order valence-electron chi connectivity index (χ3n) is 5.79. The topological polar surface area (TPSA) is 45.5 Å². The number of rotatable bonds is 5. The molecule has 2 aliphatic rings. The molecular weight excluding hydrogens is 481 g/mol. The van der Waals surface area contributed by atoms with E-state index in [-0.39, 0.29) is 24.0 Å². The van der Waals surface area contributed by atoms with Gasteiger partial charge >= 0.3 is 0 Å². The van der Waals surface area contributed by atoms with Gasteiger partial charge in [0.1, 0.15) is 0 Å². The molecule has 0 bridgehead atoms. The summed E-state index contributed by atoms with van der Waals surface area (Å²) in [6.45, 7) is 5.36. The normalized spacial score (nSPS) is 23.8. The number of piperidine rings is 1. The summed E-state index contributed by atoms with van der Waals surface area (Å²) >= 11 is 2.01. The molecule has 1 aromatic carbocycles. The lowest BCUT2D eigenvalue weighted by atomic mass is 9.93. The molecule has 1 saturated carbocycles. The van der Waals surface area contributed by atoms with Gasteiger partial charge in [0.2, 0.25) is 0 Å². The van der Waals surface area contributed by atoms with Crippen molar-refractivity contribution in [3.63, 3.8) is 0 Å². The fourth-order valence-electron chi connectivity index (χ4n) is 3.86. The molecule has 2 fully saturated rings. The summed E-state index contributed by atoms with van der Waals surface area (Å²) in [6, 6.07) is 11.2. The van der Waals surface area contributed by atoms with Crippen LogP contribution in [-0.4, -0.2) is 51.8 Å². The van der Waals surface area contributed by atoms with E-state index in [0.717, 1.165) is 25.6 Å². The minimum Gasteiger partial charge on any atom is -0.355 e. The molecule has 2 aromatic rings. The highest BCUT2D eigenvalue weighted by molar-refractivity contribution is 14.0. The third kappa shape index (κ3) is 5.03. The number of guanidine groups is 1. The first-order valence-corrected chi connectivity index (χ1v) is 10.7. The predicted molar refractivity (Wildman–Crippen MR) is 128 cm³/mol.